The first kappa shape index (κ1) is 17.3. The molecule has 3 N–H and O–H groups in total. The van der Waals surface area contributed by atoms with E-state index in [9.17, 15) is 4.79 Å². The molecule has 1 amide bonds. The molecule has 2 atom stereocenters. The number of hydrazine groups is 1. The molecule has 0 saturated heterocycles. The molecular formula is C15H19Cl2N3OS. The average Bonchev–Trinajstić information content (AvgIpc) is 2.49. The van der Waals surface area contributed by atoms with Gasteiger partial charge >= 0.3 is 0 Å². The van der Waals surface area contributed by atoms with Crippen LogP contribution in [0.1, 0.15) is 43.0 Å². The van der Waals surface area contributed by atoms with Gasteiger partial charge < -0.3 is 5.32 Å². The number of hydrogen-bond donors (Lipinski definition) is 3. The van der Waals surface area contributed by atoms with Crippen molar-refractivity contribution in [3.05, 3.63) is 33.8 Å². The van der Waals surface area contributed by atoms with Crippen LogP contribution in [-0.2, 0) is 0 Å². The van der Waals surface area contributed by atoms with Gasteiger partial charge in [0.05, 0.1) is 10.6 Å². The second kappa shape index (κ2) is 7.99. The number of carbonyl (C=O) groups is 1. The first-order valence-electron chi connectivity index (χ1n) is 7.29. The van der Waals surface area contributed by atoms with E-state index in [1.54, 1.807) is 12.1 Å². The number of thiocarbonyl (C=S) groups is 1. The van der Waals surface area contributed by atoms with Crippen LogP contribution in [0.15, 0.2) is 18.2 Å². The van der Waals surface area contributed by atoms with Crippen LogP contribution in [0.4, 0.5) is 0 Å². The highest BCUT2D eigenvalue weighted by molar-refractivity contribution is 7.80. The summed E-state index contributed by atoms with van der Waals surface area (Å²) in [7, 11) is 0. The normalized spacial score (nSPS) is 21.0. The second-order valence-electron chi connectivity index (χ2n) is 5.54. The average molecular weight is 360 g/mol. The molecule has 1 aliphatic carbocycles. The third-order valence-corrected chi connectivity index (χ3v) is 4.68. The van der Waals surface area contributed by atoms with Gasteiger partial charge in [-0.2, -0.15) is 0 Å². The maximum Gasteiger partial charge on any atom is 0.271 e. The Morgan fingerprint density at radius 3 is 2.68 bits per heavy atom. The number of hydrogen-bond acceptors (Lipinski definition) is 2. The molecule has 7 heteroatoms. The van der Waals surface area contributed by atoms with E-state index in [4.69, 9.17) is 35.4 Å². The van der Waals surface area contributed by atoms with Crippen molar-refractivity contribution in [1.29, 1.82) is 0 Å². The summed E-state index contributed by atoms with van der Waals surface area (Å²) in [4.78, 5) is 12.1. The standard InChI is InChI=1S/C15H19Cl2N3OS/c1-9-4-2-3-5-13(9)18-15(22)20-19-14(21)11-8-10(16)6-7-12(11)17/h6-9,13H,2-5H2,1H3,(H,19,21)(H2,18,20,22)/t9-,13+/m0/s1. The first-order chi connectivity index (χ1) is 10.5. The zero-order valence-electron chi connectivity index (χ0n) is 12.3. The maximum absolute atomic E-state index is 12.1. The molecule has 22 heavy (non-hydrogen) atoms. The molecule has 0 bridgehead atoms. The third kappa shape index (κ3) is 4.73. The highest BCUT2D eigenvalue weighted by Crippen LogP contribution is 2.23. The number of halogens is 2. The molecule has 1 aromatic carbocycles. The van der Waals surface area contributed by atoms with E-state index in [0.717, 1.165) is 6.42 Å². The lowest BCUT2D eigenvalue weighted by molar-refractivity contribution is 0.0943. The Hall–Kier alpha value is -1.04. The minimum Gasteiger partial charge on any atom is -0.358 e. The molecule has 0 aromatic heterocycles. The van der Waals surface area contributed by atoms with E-state index in [0.29, 0.717) is 32.7 Å². The minimum atomic E-state index is -0.381. The number of amides is 1. The zero-order chi connectivity index (χ0) is 16.1. The van der Waals surface area contributed by atoms with Gasteiger partial charge in [-0.1, -0.05) is 43.0 Å². The first-order valence-corrected chi connectivity index (χ1v) is 8.45. The van der Waals surface area contributed by atoms with Crippen LogP contribution in [0.25, 0.3) is 0 Å². The van der Waals surface area contributed by atoms with Gasteiger partial charge in [-0.15, -0.1) is 0 Å². The number of carbonyl (C=O) groups excluding carboxylic acids is 1. The van der Waals surface area contributed by atoms with Crippen molar-refractivity contribution >= 4 is 46.4 Å². The Labute approximate surface area is 145 Å². The van der Waals surface area contributed by atoms with E-state index in [1.807, 2.05) is 0 Å². The van der Waals surface area contributed by atoms with Crippen molar-refractivity contribution in [3.63, 3.8) is 0 Å². The summed E-state index contributed by atoms with van der Waals surface area (Å²) in [5, 5.41) is 4.44. The Morgan fingerprint density at radius 2 is 1.95 bits per heavy atom. The van der Waals surface area contributed by atoms with Gasteiger partial charge in [0.15, 0.2) is 5.11 Å². The molecule has 0 spiro atoms. The molecule has 4 nitrogen and oxygen atoms in total. The molecule has 0 radical (unpaired) electrons. The monoisotopic (exact) mass is 359 g/mol. The smallest absolute Gasteiger partial charge is 0.271 e. The Balaban J connectivity index is 1.85. The van der Waals surface area contributed by atoms with Crippen LogP contribution in [0.5, 0.6) is 0 Å². The van der Waals surface area contributed by atoms with Crippen LogP contribution < -0.4 is 16.2 Å². The summed E-state index contributed by atoms with van der Waals surface area (Å²) in [6.45, 7) is 2.21. The summed E-state index contributed by atoms with van der Waals surface area (Å²) in [6, 6.07) is 5.07. The third-order valence-electron chi connectivity index (χ3n) is 3.89. The van der Waals surface area contributed by atoms with Gasteiger partial charge in [-0.05, 0) is 49.2 Å². The summed E-state index contributed by atoms with van der Waals surface area (Å²) in [5.41, 5.74) is 5.55. The quantitative estimate of drug-likeness (QED) is 0.556. The van der Waals surface area contributed by atoms with Gasteiger partial charge in [0.25, 0.3) is 5.91 Å². The Bertz CT molecular complexity index is 568. The van der Waals surface area contributed by atoms with E-state index in [-0.39, 0.29) is 5.91 Å². The number of benzene rings is 1. The van der Waals surface area contributed by atoms with Gasteiger partial charge in [-0.3, -0.25) is 15.6 Å². The summed E-state index contributed by atoms with van der Waals surface area (Å²) in [5.74, 6) is 0.194. The van der Waals surface area contributed by atoms with Crippen molar-refractivity contribution in [3.8, 4) is 0 Å². The molecule has 0 unspecified atom stereocenters. The maximum atomic E-state index is 12.1. The van der Waals surface area contributed by atoms with Gasteiger partial charge in [0.2, 0.25) is 0 Å². The van der Waals surface area contributed by atoms with Gasteiger partial charge in [-0.25, -0.2) is 0 Å². The molecule has 0 heterocycles. The lowest BCUT2D eigenvalue weighted by atomic mass is 9.86. The van der Waals surface area contributed by atoms with Crippen LogP contribution in [0.3, 0.4) is 0 Å². The predicted octanol–water partition coefficient (Wildman–Crippen LogP) is 3.68. The fraction of sp³-hybridized carbons (Fsp3) is 0.467. The SMILES string of the molecule is C[C@H]1CCCC[C@H]1NC(=S)NNC(=O)c1cc(Cl)ccc1Cl. The summed E-state index contributed by atoms with van der Waals surface area (Å²) < 4.78 is 0. The Kier molecular flexibility index (Phi) is 6.29. The van der Waals surface area contributed by atoms with Crippen molar-refractivity contribution in [2.45, 2.75) is 38.6 Å². The minimum absolute atomic E-state index is 0.301. The van der Waals surface area contributed by atoms with E-state index < -0.39 is 0 Å². The van der Waals surface area contributed by atoms with Crippen LogP contribution in [0.2, 0.25) is 10.0 Å². The lowest BCUT2D eigenvalue weighted by Gasteiger charge is -2.30. The van der Waals surface area contributed by atoms with Gasteiger partial charge in [0.1, 0.15) is 0 Å². The van der Waals surface area contributed by atoms with Crippen LogP contribution >= 0.6 is 35.4 Å². The van der Waals surface area contributed by atoms with Crippen molar-refractivity contribution in [2.75, 3.05) is 0 Å². The molecular weight excluding hydrogens is 341 g/mol. The van der Waals surface area contributed by atoms with E-state index in [2.05, 4.69) is 23.1 Å². The fourth-order valence-electron chi connectivity index (χ4n) is 2.59. The molecule has 1 saturated carbocycles. The molecule has 1 aromatic rings. The van der Waals surface area contributed by atoms with E-state index in [1.165, 1.54) is 25.3 Å². The summed E-state index contributed by atoms with van der Waals surface area (Å²) >= 11 is 17.1. The van der Waals surface area contributed by atoms with Crippen LogP contribution in [-0.4, -0.2) is 17.1 Å². The lowest BCUT2D eigenvalue weighted by Crippen LogP contribution is -2.51. The molecule has 1 aliphatic rings. The molecule has 0 aliphatic heterocycles. The number of nitrogens with one attached hydrogen (secondary N) is 3. The fourth-order valence-corrected chi connectivity index (χ4v) is 3.17. The predicted molar refractivity (Wildman–Crippen MR) is 94.2 cm³/mol. The van der Waals surface area contributed by atoms with Crippen LogP contribution in [0, 0.1) is 5.92 Å². The van der Waals surface area contributed by atoms with E-state index >= 15 is 0 Å². The van der Waals surface area contributed by atoms with Gasteiger partial charge in [0, 0.05) is 11.1 Å². The van der Waals surface area contributed by atoms with Crippen molar-refractivity contribution in [1.82, 2.24) is 16.2 Å². The Morgan fingerprint density at radius 1 is 1.23 bits per heavy atom. The molecule has 2 rings (SSSR count). The largest absolute Gasteiger partial charge is 0.358 e. The van der Waals surface area contributed by atoms with Crippen molar-refractivity contribution < 1.29 is 4.79 Å². The highest BCUT2D eigenvalue weighted by atomic mass is 35.5. The highest BCUT2D eigenvalue weighted by Gasteiger charge is 2.21. The topological polar surface area (TPSA) is 53.2 Å². The number of rotatable bonds is 2. The second-order valence-corrected chi connectivity index (χ2v) is 6.80. The zero-order valence-corrected chi connectivity index (χ0v) is 14.6. The summed E-state index contributed by atoms with van der Waals surface area (Å²) in [6.07, 6.45) is 4.76. The van der Waals surface area contributed by atoms with Crippen molar-refractivity contribution in [2.24, 2.45) is 5.92 Å². The molecule has 1 fully saturated rings. The molecule has 120 valence electrons.